The van der Waals surface area contributed by atoms with Crippen molar-refractivity contribution >= 4 is 23.4 Å². The van der Waals surface area contributed by atoms with Gasteiger partial charge in [0.2, 0.25) is 0 Å². The van der Waals surface area contributed by atoms with Crippen molar-refractivity contribution < 1.29 is 0 Å². The maximum Gasteiger partial charge on any atom is 0.265 e. The van der Waals surface area contributed by atoms with Gasteiger partial charge in [0.05, 0.1) is 0 Å². The van der Waals surface area contributed by atoms with Crippen LogP contribution in [0.5, 0.6) is 0 Å². The Labute approximate surface area is 102 Å². The molecule has 0 fully saturated rings. The highest BCUT2D eigenvalue weighted by molar-refractivity contribution is 7.98. The van der Waals surface area contributed by atoms with Gasteiger partial charge in [-0.2, -0.15) is 5.10 Å². The summed E-state index contributed by atoms with van der Waals surface area (Å²) < 4.78 is 0. The van der Waals surface area contributed by atoms with Gasteiger partial charge in [0.25, 0.3) is 5.56 Å². The average Bonchev–Trinajstić information content (AvgIpc) is 2.30. The van der Waals surface area contributed by atoms with Crippen LogP contribution in [0.2, 0.25) is 5.02 Å². The summed E-state index contributed by atoms with van der Waals surface area (Å²) in [6, 6.07) is 8.90. The summed E-state index contributed by atoms with van der Waals surface area (Å²) in [6.45, 7) is 0. The van der Waals surface area contributed by atoms with Crippen LogP contribution in [-0.4, -0.2) is 16.5 Å². The standard InChI is InChI=1S/C11H9ClN2OS/c1-16-9-6-10(15)13-14-11(9)7-2-4-8(12)5-3-7/h2-6H,1H3,(H,13,15). The first-order valence-electron chi connectivity index (χ1n) is 4.60. The summed E-state index contributed by atoms with van der Waals surface area (Å²) in [5, 5.41) is 7.16. The highest BCUT2D eigenvalue weighted by Gasteiger charge is 2.06. The van der Waals surface area contributed by atoms with Crippen molar-refractivity contribution in [1.82, 2.24) is 10.2 Å². The molecule has 0 bridgehead atoms. The first kappa shape index (κ1) is 11.2. The minimum atomic E-state index is -0.193. The Morgan fingerprint density at radius 3 is 2.62 bits per heavy atom. The Hall–Kier alpha value is -1.26. The molecule has 16 heavy (non-hydrogen) atoms. The molecule has 0 amide bonds. The summed E-state index contributed by atoms with van der Waals surface area (Å²) in [5.41, 5.74) is 1.51. The number of H-pyrrole nitrogens is 1. The highest BCUT2D eigenvalue weighted by atomic mass is 35.5. The Morgan fingerprint density at radius 2 is 2.00 bits per heavy atom. The van der Waals surface area contributed by atoms with Gasteiger partial charge in [-0.05, 0) is 18.4 Å². The molecule has 1 aromatic carbocycles. The van der Waals surface area contributed by atoms with E-state index in [1.165, 1.54) is 11.8 Å². The van der Waals surface area contributed by atoms with Crippen molar-refractivity contribution in [2.75, 3.05) is 6.26 Å². The normalized spacial score (nSPS) is 10.4. The number of hydrogen-bond donors (Lipinski definition) is 1. The van der Waals surface area contributed by atoms with E-state index in [2.05, 4.69) is 10.2 Å². The number of hydrogen-bond acceptors (Lipinski definition) is 3. The van der Waals surface area contributed by atoms with E-state index in [9.17, 15) is 4.79 Å². The van der Waals surface area contributed by atoms with Crippen molar-refractivity contribution in [2.24, 2.45) is 0 Å². The largest absolute Gasteiger partial charge is 0.268 e. The number of nitrogens with zero attached hydrogens (tertiary/aromatic N) is 1. The van der Waals surface area contributed by atoms with Crippen LogP contribution < -0.4 is 5.56 Å². The Kier molecular flexibility index (Phi) is 3.31. The monoisotopic (exact) mass is 252 g/mol. The summed E-state index contributed by atoms with van der Waals surface area (Å²) in [7, 11) is 0. The summed E-state index contributed by atoms with van der Waals surface area (Å²) in [4.78, 5) is 12.0. The Balaban J connectivity index is 2.55. The van der Waals surface area contributed by atoms with Crippen molar-refractivity contribution in [3.8, 4) is 11.3 Å². The predicted molar refractivity (Wildman–Crippen MR) is 67.1 cm³/mol. The molecular weight excluding hydrogens is 244 g/mol. The topological polar surface area (TPSA) is 45.8 Å². The number of rotatable bonds is 2. The zero-order valence-corrected chi connectivity index (χ0v) is 10.1. The Bertz CT molecular complexity index is 551. The molecule has 0 spiro atoms. The van der Waals surface area contributed by atoms with Crippen LogP contribution in [0.25, 0.3) is 11.3 Å². The molecule has 0 saturated carbocycles. The number of halogens is 1. The van der Waals surface area contributed by atoms with E-state index >= 15 is 0 Å². The van der Waals surface area contributed by atoms with Crippen LogP contribution in [0, 0.1) is 0 Å². The van der Waals surface area contributed by atoms with E-state index in [1.807, 2.05) is 18.4 Å². The van der Waals surface area contributed by atoms with Crippen molar-refractivity contribution in [3.63, 3.8) is 0 Å². The second-order valence-electron chi connectivity index (χ2n) is 3.16. The zero-order valence-electron chi connectivity index (χ0n) is 8.53. The number of nitrogens with one attached hydrogen (secondary N) is 1. The van der Waals surface area contributed by atoms with Crippen LogP contribution in [-0.2, 0) is 0 Å². The van der Waals surface area contributed by atoms with Gasteiger partial charge in [0.1, 0.15) is 5.69 Å². The van der Waals surface area contributed by atoms with Crippen LogP contribution in [0.4, 0.5) is 0 Å². The third-order valence-corrected chi connectivity index (χ3v) is 3.11. The van der Waals surface area contributed by atoms with Crippen LogP contribution in [0.15, 0.2) is 40.0 Å². The van der Waals surface area contributed by atoms with E-state index in [0.717, 1.165) is 16.2 Å². The molecule has 3 nitrogen and oxygen atoms in total. The molecule has 0 aliphatic heterocycles. The average molecular weight is 253 g/mol. The zero-order chi connectivity index (χ0) is 11.5. The van der Waals surface area contributed by atoms with Gasteiger partial charge in [0, 0.05) is 21.5 Å². The molecule has 1 aromatic heterocycles. The summed E-state index contributed by atoms with van der Waals surface area (Å²) in [5.74, 6) is 0. The second kappa shape index (κ2) is 4.72. The smallest absolute Gasteiger partial charge is 0.265 e. The van der Waals surface area contributed by atoms with Gasteiger partial charge in [-0.25, -0.2) is 5.10 Å². The van der Waals surface area contributed by atoms with Crippen molar-refractivity contribution in [1.29, 1.82) is 0 Å². The lowest BCUT2D eigenvalue weighted by atomic mass is 10.1. The van der Waals surface area contributed by atoms with Crippen molar-refractivity contribution in [3.05, 3.63) is 45.7 Å². The van der Waals surface area contributed by atoms with Crippen LogP contribution in [0.1, 0.15) is 0 Å². The van der Waals surface area contributed by atoms with Crippen LogP contribution in [0.3, 0.4) is 0 Å². The first-order valence-corrected chi connectivity index (χ1v) is 6.20. The molecule has 0 radical (unpaired) electrons. The maximum absolute atomic E-state index is 11.1. The van der Waals surface area contributed by atoms with Crippen LogP contribution >= 0.6 is 23.4 Å². The van der Waals surface area contributed by atoms with E-state index in [0.29, 0.717) is 5.02 Å². The van der Waals surface area contributed by atoms with E-state index in [4.69, 9.17) is 11.6 Å². The highest BCUT2D eigenvalue weighted by Crippen LogP contribution is 2.27. The Morgan fingerprint density at radius 1 is 1.31 bits per heavy atom. The molecule has 0 unspecified atom stereocenters. The summed E-state index contributed by atoms with van der Waals surface area (Å²) in [6.07, 6.45) is 1.91. The SMILES string of the molecule is CSc1cc(=O)[nH]nc1-c1ccc(Cl)cc1. The lowest BCUT2D eigenvalue weighted by molar-refractivity contribution is 0.966. The van der Waals surface area contributed by atoms with E-state index < -0.39 is 0 Å². The third-order valence-electron chi connectivity index (χ3n) is 2.11. The number of aromatic amines is 1. The fraction of sp³-hybridized carbons (Fsp3) is 0.0909. The van der Waals surface area contributed by atoms with E-state index in [-0.39, 0.29) is 5.56 Å². The molecule has 0 saturated heterocycles. The van der Waals surface area contributed by atoms with Gasteiger partial charge in [-0.3, -0.25) is 4.79 Å². The quantitative estimate of drug-likeness (QED) is 0.836. The maximum atomic E-state index is 11.1. The fourth-order valence-electron chi connectivity index (χ4n) is 1.36. The molecule has 82 valence electrons. The number of benzene rings is 1. The number of aromatic nitrogens is 2. The molecule has 0 atom stereocenters. The lowest BCUT2D eigenvalue weighted by Gasteiger charge is -2.04. The van der Waals surface area contributed by atoms with E-state index in [1.54, 1.807) is 18.2 Å². The molecular formula is C11H9ClN2OS. The first-order chi connectivity index (χ1) is 7.70. The lowest BCUT2D eigenvalue weighted by Crippen LogP contribution is -2.07. The van der Waals surface area contributed by atoms with Gasteiger partial charge in [0.15, 0.2) is 0 Å². The summed E-state index contributed by atoms with van der Waals surface area (Å²) >= 11 is 7.31. The van der Waals surface area contributed by atoms with Gasteiger partial charge in [-0.15, -0.1) is 11.8 Å². The molecule has 0 aliphatic rings. The molecule has 1 N–H and O–H groups in total. The molecule has 2 aromatic rings. The number of thioether (sulfide) groups is 1. The van der Waals surface area contributed by atoms with Crippen molar-refractivity contribution in [2.45, 2.75) is 4.90 Å². The van der Waals surface area contributed by atoms with Gasteiger partial charge >= 0.3 is 0 Å². The molecule has 0 aliphatic carbocycles. The second-order valence-corrected chi connectivity index (χ2v) is 4.44. The molecule has 5 heteroatoms. The molecule has 1 heterocycles. The third kappa shape index (κ3) is 2.28. The van der Waals surface area contributed by atoms with Gasteiger partial charge < -0.3 is 0 Å². The molecule has 2 rings (SSSR count). The minimum absolute atomic E-state index is 0.193. The minimum Gasteiger partial charge on any atom is -0.268 e. The fourth-order valence-corrected chi connectivity index (χ4v) is 2.06. The van der Waals surface area contributed by atoms with Gasteiger partial charge in [-0.1, -0.05) is 23.7 Å². The predicted octanol–water partition coefficient (Wildman–Crippen LogP) is 2.81.